The summed E-state index contributed by atoms with van der Waals surface area (Å²) in [5.41, 5.74) is 0. The fourth-order valence-corrected chi connectivity index (χ4v) is 6.25. The van der Waals surface area contributed by atoms with Gasteiger partial charge in [-0.1, -0.05) is 187 Å². The lowest BCUT2D eigenvalue weighted by molar-refractivity contribution is -0.343. The number of unbranched alkanes of at least 4 members (excludes halogenated alkanes) is 27. The number of carbonyl (C=O) groups excluding carboxylic acids is 2. The predicted molar refractivity (Wildman–Crippen MR) is 189 cm³/mol. The molecule has 0 amide bonds. The number of esters is 2. The van der Waals surface area contributed by atoms with Crippen molar-refractivity contribution in [3.8, 4) is 0 Å². The summed E-state index contributed by atoms with van der Waals surface area (Å²) >= 11 is 0. The molecule has 0 aliphatic heterocycles. The molecular formula is C38H73O8P-2. The summed E-state index contributed by atoms with van der Waals surface area (Å²) in [7, 11) is -5.24. The van der Waals surface area contributed by atoms with Crippen LogP contribution in [0.2, 0.25) is 0 Å². The van der Waals surface area contributed by atoms with Crippen molar-refractivity contribution < 1.29 is 37.9 Å². The summed E-state index contributed by atoms with van der Waals surface area (Å²) in [5, 5.41) is 0. The van der Waals surface area contributed by atoms with E-state index in [9.17, 15) is 23.9 Å². The number of hydrogen-bond acceptors (Lipinski definition) is 8. The number of phosphoric ester groups is 1. The van der Waals surface area contributed by atoms with Crippen LogP contribution >= 0.6 is 7.82 Å². The van der Waals surface area contributed by atoms with Gasteiger partial charge in [0.15, 0.2) is 6.10 Å². The van der Waals surface area contributed by atoms with Crippen molar-refractivity contribution in [2.24, 2.45) is 0 Å². The SMILES string of the molecule is CCCCCCCCCCCCCCCCCC(=O)O[C@H](COC(=O)CCCCCCCCCCCCCCCC)COP(=O)([O-])[O-]. The average molecular weight is 689 g/mol. The molecule has 0 saturated heterocycles. The van der Waals surface area contributed by atoms with Gasteiger partial charge in [-0.2, -0.15) is 0 Å². The molecule has 0 N–H and O–H groups in total. The van der Waals surface area contributed by atoms with Gasteiger partial charge < -0.3 is 28.3 Å². The predicted octanol–water partition coefficient (Wildman–Crippen LogP) is 10.4. The zero-order valence-corrected chi connectivity index (χ0v) is 31.5. The number of ether oxygens (including phenoxy) is 2. The Kier molecular flexibility index (Phi) is 34.2. The van der Waals surface area contributed by atoms with E-state index in [1.165, 1.54) is 141 Å². The van der Waals surface area contributed by atoms with Crippen LogP contribution in [0.4, 0.5) is 0 Å². The summed E-state index contributed by atoms with van der Waals surface area (Å²) < 4.78 is 25.8. The van der Waals surface area contributed by atoms with E-state index >= 15 is 0 Å². The van der Waals surface area contributed by atoms with E-state index in [0.717, 1.165) is 32.1 Å². The molecule has 0 saturated carbocycles. The van der Waals surface area contributed by atoms with Crippen LogP contribution < -0.4 is 9.79 Å². The lowest BCUT2D eigenvalue weighted by Gasteiger charge is -2.30. The van der Waals surface area contributed by atoms with Crippen molar-refractivity contribution in [1.82, 2.24) is 0 Å². The normalized spacial score (nSPS) is 12.3. The maximum atomic E-state index is 12.3. The van der Waals surface area contributed by atoms with Crippen molar-refractivity contribution in [2.45, 2.75) is 219 Å². The molecular weight excluding hydrogens is 615 g/mol. The van der Waals surface area contributed by atoms with Gasteiger partial charge in [0.25, 0.3) is 0 Å². The average Bonchev–Trinajstić information content (AvgIpc) is 3.03. The van der Waals surface area contributed by atoms with Crippen LogP contribution in [-0.4, -0.2) is 31.3 Å². The third-order valence-electron chi connectivity index (χ3n) is 8.87. The van der Waals surface area contributed by atoms with Crippen molar-refractivity contribution in [3.63, 3.8) is 0 Å². The Morgan fingerprint density at radius 1 is 0.468 bits per heavy atom. The van der Waals surface area contributed by atoms with Gasteiger partial charge in [0, 0.05) is 12.8 Å². The topological polar surface area (TPSA) is 125 Å². The number of hydrogen-bond donors (Lipinski definition) is 0. The molecule has 0 fully saturated rings. The highest BCUT2D eigenvalue weighted by atomic mass is 31.2. The van der Waals surface area contributed by atoms with E-state index in [0.29, 0.717) is 12.8 Å². The molecule has 0 spiro atoms. The first-order chi connectivity index (χ1) is 22.8. The van der Waals surface area contributed by atoms with E-state index < -0.39 is 32.5 Å². The highest BCUT2D eigenvalue weighted by Crippen LogP contribution is 2.25. The Morgan fingerprint density at radius 3 is 1.09 bits per heavy atom. The van der Waals surface area contributed by atoms with Gasteiger partial charge in [-0.3, -0.25) is 9.59 Å². The summed E-state index contributed by atoms with van der Waals surface area (Å²) in [4.78, 5) is 46.4. The molecule has 0 aromatic carbocycles. The van der Waals surface area contributed by atoms with Gasteiger partial charge in [0.05, 0.1) is 14.4 Å². The maximum absolute atomic E-state index is 12.3. The first-order valence-corrected chi connectivity index (χ1v) is 21.3. The third kappa shape index (κ3) is 37.7. The number of carbonyl (C=O) groups is 2. The van der Waals surface area contributed by atoms with E-state index in [1.807, 2.05) is 0 Å². The largest absolute Gasteiger partial charge is 0.790 e. The molecule has 0 aliphatic rings. The Morgan fingerprint density at radius 2 is 0.766 bits per heavy atom. The van der Waals surface area contributed by atoms with Gasteiger partial charge in [-0.25, -0.2) is 0 Å². The van der Waals surface area contributed by atoms with E-state index in [-0.39, 0.29) is 19.4 Å². The van der Waals surface area contributed by atoms with Crippen LogP contribution in [0.25, 0.3) is 0 Å². The van der Waals surface area contributed by atoms with Crippen LogP contribution in [0.3, 0.4) is 0 Å². The van der Waals surface area contributed by atoms with Crippen LogP contribution in [-0.2, 0) is 28.2 Å². The molecule has 9 heteroatoms. The minimum atomic E-state index is -5.24. The summed E-state index contributed by atoms with van der Waals surface area (Å²) in [6, 6.07) is 0. The Bertz CT molecular complexity index is 741. The van der Waals surface area contributed by atoms with Gasteiger partial charge in [0.1, 0.15) is 6.61 Å². The zero-order chi connectivity index (χ0) is 34.7. The second-order valence-corrected chi connectivity index (χ2v) is 14.7. The Hall–Kier alpha value is -0.950. The molecule has 1 atom stereocenters. The molecule has 280 valence electrons. The number of rotatable bonds is 37. The molecule has 0 radical (unpaired) electrons. The molecule has 0 aromatic rings. The van der Waals surface area contributed by atoms with Crippen LogP contribution in [0.1, 0.15) is 213 Å². The van der Waals surface area contributed by atoms with Crippen LogP contribution in [0.15, 0.2) is 0 Å². The number of phosphoric acid groups is 1. The Balaban J connectivity index is 3.89. The smallest absolute Gasteiger partial charge is 0.306 e. The van der Waals surface area contributed by atoms with E-state index in [1.54, 1.807) is 0 Å². The van der Waals surface area contributed by atoms with Gasteiger partial charge in [0.2, 0.25) is 0 Å². The summed E-state index contributed by atoms with van der Waals surface area (Å²) in [5.74, 6) is -0.942. The third-order valence-corrected chi connectivity index (χ3v) is 9.33. The molecule has 0 aliphatic carbocycles. The van der Waals surface area contributed by atoms with Crippen LogP contribution in [0.5, 0.6) is 0 Å². The second-order valence-electron chi connectivity index (χ2n) is 13.6. The molecule has 0 bridgehead atoms. The van der Waals surface area contributed by atoms with E-state index in [4.69, 9.17) is 9.47 Å². The Labute approximate surface area is 289 Å². The lowest BCUT2D eigenvalue weighted by atomic mass is 10.0. The second kappa shape index (κ2) is 34.9. The minimum absolute atomic E-state index is 0.189. The highest BCUT2D eigenvalue weighted by molar-refractivity contribution is 7.43. The first kappa shape index (κ1) is 46.0. The highest BCUT2D eigenvalue weighted by Gasteiger charge is 2.18. The van der Waals surface area contributed by atoms with Crippen molar-refractivity contribution in [2.75, 3.05) is 13.2 Å². The molecule has 47 heavy (non-hydrogen) atoms. The first-order valence-electron chi connectivity index (χ1n) is 19.8. The van der Waals surface area contributed by atoms with E-state index in [2.05, 4.69) is 18.4 Å². The molecule has 8 nitrogen and oxygen atoms in total. The molecule has 0 rings (SSSR count). The fourth-order valence-electron chi connectivity index (χ4n) is 5.90. The van der Waals surface area contributed by atoms with Crippen molar-refractivity contribution in [1.29, 1.82) is 0 Å². The standard InChI is InChI=1S/C38H75O8P/c1-3-5-7-9-11-13-15-17-19-21-23-25-27-29-31-33-38(40)46-36(35-45-47(41,42)43)34-44-37(39)32-30-28-26-24-22-20-18-16-14-12-10-8-6-4-2/h36H,3-35H2,1-2H3,(H2,41,42,43)/p-2/t36-/m1/s1. The molecule has 0 unspecified atom stereocenters. The minimum Gasteiger partial charge on any atom is -0.790 e. The molecule has 0 aromatic heterocycles. The van der Waals surface area contributed by atoms with Crippen molar-refractivity contribution in [3.05, 3.63) is 0 Å². The van der Waals surface area contributed by atoms with Gasteiger partial charge in [-0.05, 0) is 12.8 Å². The monoisotopic (exact) mass is 689 g/mol. The lowest BCUT2D eigenvalue weighted by Crippen LogP contribution is -2.31. The van der Waals surface area contributed by atoms with Gasteiger partial charge in [-0.15, -0.1) is 0 Å². The summed E-state index contributed by atoms with van der Waals surface area (Å²) in [6.45, 7) is 3.52. The fraction of sp³-hybridized carbons (Fsp3) is 0.947. The maximum Gasteiger partial charge on any atom is 0.306 e. The zero-order valence-electron chi connectivity index (χ0n) is 30.6. The van der Waals surface area contributed by atoms with Gasteiger partial charge >= 0.3 is 11.9 Å². The quantitative estimate of drug-likeness (QED) is 0.0359. The molecule has 0 heterocycles. The van der Waals surface area contributed by atoms with Crippen molar-refractivity contribution >= 4 is 19.8 Å². The van der Waals surface area contributed by atoms with Crippen LogP contribution in [0, 0.1) is 0 Å². The summed E-state index contributed by atoms with van der Waals surface area (Å²) in [6.07, 6.45) is 34.9.